The summed E-state index contributed by atoms with van der Waals surface area (Å²) in [6, 6.07) is 9.63. The summed E-state index contributed by atoms with van der Waals surface area (Å²) in [5.41, 5.74) is 1.87. The zero-order valence-corrected chi connectivity index (χ0v) is 18.0. The number of benzene rings is 1. The van der Waals surface area contributed by atoms with Gasteiger partial charge in [-0.05, 0) is 32.5 Å². The minimum atomic E-state index is -0.213. The van der Waals surface area contributed by atoms with Crippen LogP contribution in [0.1, 0.15) is 30.0 Å². The molecule has 0 bridgehead atoms. The Kier molecular flexibility index (Phi) is 8.60. The van der Waals surface area contributed by atoms with Gasteiger partial charge in [0.15, 0.2) is 5.13 Å². The van der Waals surface area contributed by atoms with Crippen molar-refractivity contribution < 1.29 is 9.59 Å². The number of likely N-dealkylation sites (N-methyl/N-ethyl adjacent to an activating group) is 1. The lowest BCUT2D eigenvalue weighted by molar-refractivity contribution is -0.134. The SMILES string of the molecule is CCN(CC)CCN(CC(=O)Nc1nc(C)c(C)s1)C(=O)Cc1ccccc1. The maximum Gasteiger partial charge on any atom is 0.245 e. The lowest BCUT2D eigenvalue weighted by Crippen LogP contribution is -2.43. The summed E-state index contributed by atoms with van der Waals surface area (Å²) in [5.74, 6) is -0.255. The van der Waals surface area contributed by atoms with Crippen LogP contribution in [0, 0.1) is 13.8 Å². The molecule has 152 valence electrons. The highest BCUT2D eigenvalue weighted by atomic mass is 32.1. The fourth-order valence-corrected chi connectivity index (χ4v) is 3.67. The van der Waals surface area contributed by atoms with Crippen LogP contribution in [0.4, 0.5) is 5.13 Å². The lowest BCUT2D eigenvalue weighted by atomic mass is 10.1. The van der Waals surface area contributed by atoms with Gasteiger partial charge >= 0.3 is 0 Å². The summed E-state index contributed by atoms with van der Waals surface area (Å²) < 4.78 is 0. The molecule has 0 unspecified atom stereocenters. The Balaban J connectivity index is 2.03. The highest BCUT2D eigenvalue weighted by Crippen LogP contribution is 2.20. The smallest absolute Gasteiger partial charge is 0.245 e. The van der Waals surface area contributed by atoms with E-state index in [1.807, 2.05) is 44.2 Å². The summed E-state index contributed by atoms with van der Waals surface area (Å²) in [4.78, 5) is 34.7. The molecule has 1 aromatic heterocycles. The number of hydrogen-bond donors (Lipinski definition) is 1. The molecule has 2 rings (SSSR count). The normalized spacial score (nSPS) is 10.9. The first-order valence-electron chi connectivity index (χ1n) is 9.70. The second kappa shape index (κ2) is 10.9. The van der Waals surface area contributed by atoms with Crippen molar-refractivity contribution in [3.63, 3.8) is 0 Å². The van der Waals surface area contributed by atoms with Gasteiger partial charge < -0.3 is 15.1 Å². The summed E-state index contributed by atoms with van der Waals surface area (Å²) >= 11 is 1.45. The highest BCUT2D eigenvalue weighted by molar-refractivity contribution is 7.15. The van der Waals surface area contributed by atoms with Gasteiger partial charge in [0.1, 0.15) is 0 Å². The zero-order chi connectivity index (χ0) is 20.5. The van der Waals surface area contributed by atoms with Crippen molar-refractivity contribution in [2.45, 2.75) is 34.1 Å². The molecule has 2 aromatic rings. The largest absolute Gasteiger partial charge is 0.332 e. The second-order valence-electron chi connectivity index (χ2n) is 6.71. The number of carbonyl (C=O) groups excluding carboxylic acids is 2. The van der Waals surface area contributed by atoms with Gasteiger partial charge in [-0.15, -0.1) is 11.3 Å². The van der Waals surface area contributed by atoms with Crippen molar-refractivity contribution in [2.75, 3.05) is 38.0 Å². The fraction of sp³-hybridized carbons (Fsp3) is 0.476. The van der Waals surface area contributed by atoms with E-state index in [-0.39, 0.29) is 18.4 Å². The maximum absolute atomic E-state index is 12.9. The number of thiazole rings is 1. The molecule has 0 atom stereocenters. The van der Waals surface area contributed by atoms with Gasteiger partial charge in [0.25, 0.3) is 0 Å². The molecule has 28 heavy (non-hydrogen) atoms. The van der Waals surface area contributed by atoms with Crippen molar-refractivity contribution in [2.24, 2.45) is 0 Å². The molecule has 1 heterocycles. The Morgan fingerprint density at radius 3 is 2.32 bits per heavy atom. The topological polar surface area (TPSA) is 65.5 Å². The van der Waals surface area contributed by atoms with Crippen LogP contribution < -0.4 is 5.32 Å². The Hall–Kier alpha value is -2.25. The molecular formula is C21H30N4O2S. The molecule has 0 fully saturated rings. The number of aryl methyl sites for hydroxylation is 2. The third kappa shape index (κ3) is 6.73. The van der Waals surface area contributed by atoms with E-state index < -0.39 is 0 Å². The van der Waals surface area contributed by atoms with Gasteiger partial charge in [-0.3, -0.25) is 9.59 Å². The van der Waals surface area contributed by atoms with Gasteiger partial charge in [-0.25, -0.2) is 4.98 Å². The van der Waals surface area contributed by atoms with Crippen LogP contribution in [-0.2, 0) is 16.0 Å². The Morgan fingerprint density at radius 1 is 1.07 bits per heavy atom. The number of aromatic nitrogens is 1. The van der Waals surface area contributed by atoms with Gasteiger partial charge in [0, 0.05) is 18.0 Å². The van der Waals surface area contributed by atoms with Gasteiger partial charge in [-0.2, -0.15) is 0 Å². The fourth-order valence-electron chi connectivity index (χ4n) is 2.83. The Bertz CT molecular complexity index is 752. The monoisotopic (exact) mass is 402 g/mol. The summed E-state index contributed by atoms with van der Waals surface area (Å²) in [6.07, 6.45) is 0.293. The van der Waals surface area contributed by atoms with Crippen molar-refractivity contribution in [3.05, 3.63) is 46.5 Å². The van der Waals surface area contributed by atoms with Crippen LogP contribution >= 0.6 is 11.3 Å². The number of nitrogens with zero attached hydrogens (tertiary/aromatic N) is 3. The quantitative estimate of drug-likeness (QED) is 0.663. The summed E-state index contributed by atoms with van der Waals surface area (Å²) in [6.45, 7) is 11.2. The first-order valence-corrected chi connectivity index (χ1v) is 10.5. The molecule has 7 heteroatoms. The van der Waals surface area contributed by atoms with Crippen LogP contribution in [0.2, 0.25) is 0 Å². The summed E-state index contributed by atoms with van der Waals surface area (Å²) in [5, 5.41) is 3.41. The molecule has 0 spiro atoms. The zero-order valence-electron chi connectivity index (χ0n) is 17.2. The Morgan fingerprint density at radius 2 is 1.75 bits per heavy atom. The molecule has 2 amide bonds. The van der Waals surface area contributed by atoms with E-state index in [2.05, 4.69) is 29.0 Å². The van der Waals surface area contributed by atoms with Crippen molar-refractivity contribution in [1.29, 1.82) is 0 Å². The molecule has 0 aliphatic heterocycles. The lowest BCUT2D eigenvalue weighted by Gasteiger charge is -2.26. The molecule has 1 aromatic carbocycles. The van der Waals surface area contributed by atoms with Crippen molar-refractivity contribution in [1.82, 2.24) is 14.8 Å². The molecule has 0 aliphatic carbocycles. The van der Waals surface area contributed by atoms with Crippen molar-refractivity contribution >= 4 is 28.3 Å². The Labute approximate surface area is 171 Å². The predicted molar refractivity (Wildman–Crippen MR) is 115 cm³/mol. The highest BCUT2D eigenvalue weighted by Gasteiger charge is 2.19. The second-order valence-corrected chi connectivity index (χ2v) is 7.92. The molecule has 6 nitrogen and oxygen atoms in total. The number of rotatable bonds is 10. The van der Waals surface area contributed by atoms with E-state index in [1.165, 1.54) is 11.3 Å². The van der Waals surface area contributed by atoms with E-state index in [0.717, 1.165) is 35.8 Å². The van der Waals surface area contributed by atoms with E-state index in [1.54, 1.807) is 4.90 Å². The molecule has 1 N–H and O–H groups in total. The van der Waals surface area contributed by atoms with Crippen LogP contribution in [-0.4, -0.2) is 59.3 Å². The number of anilines is 1. The maximum atomic E-state index is 12.9. The summed E-state index contributed by atoms with van der Waals surface area (Å²) in [7, 11) is 0. The third-order valence-electron chi connectivity index (χ3n) is 4.74. The van der Waals surface area contributed by atoms with Gasteiger partial charge in [-0.1, -0.05) is 44.2 Å². The number of amides is 2. The minimum Gasteiger partial charge on any atom is -0.332 e. The van der Waals surface area contributed by atoms with Crippen LogP contribution in [0.3, 0.4) is 0 Å². The van der Waals surface area contributed by atoms with E-state index in [9.17, 15) is 9.59 Å². The number of nitrogens with one attached hydrogen (secondary N) is 1. The van der Waals surface area contributed by atoms with E-state index >= 15 is 0 Å². The first-order chi connectivity index (χ1) is 13.4. The van der Waals surface area contributed by atoms with Gasteiger partial charge in [0.05, 0.1) is 18.7 Å². The molecule has 0 radical (unpaired) electrons. The molecule has 0 aliphatic rings. The van der Waals surface area contributed by atoms with E-state index in [0.29, 0.717) is 18.1 Å². The van der Waals surface area contributed by atoms with Crippen LogP contribution in [0.25, 0.3) is 0 Å². The van der Waals surface area contributed by atoms with E-state index in [4.69, 9.17) is 0 Å². The van der Waals surface area contributed by atoms with Gasteiger partial charge in [0.2, 0.25) is 11.8 Å². The standard InChI is InChI=1S/C21H30N4O2S/c1-5-24(6-2)12-13-25(20(27)14-18-10-8-7-9-11-18)15-19(26)23-21-22-16(3)17(4)28-21/h7-11H,5-6,12-15H2,1-4H3,(H,22,23,26). The molecular weight excluding hydrogens is 372 g/mol. The number of carbonyl (C=O) groups is 2. The number of hydrogen-bond acceptors (Lipinski definition) is 5. The minimum absolute atomic E-state index is 0.0324. The molecule has 0 saturated carbocycles. The molecule has 0 saturated heterocycles. The average molecular weight is 403 g/mol. The van der Waals surface area contributed by atoms with Crippen LogP contribution in [0.5, 0.6) is 0 Å². The third-order valence-corrected chi connectivity index (χ3v) is 5.73. The predicted octanol–water partition coefficient (Wildman–Crippen LogP) is 3.11. The van der Waals surface area contributed by atoms with Crippen LogP contribution in [0.15, 0.2) is 30.3 Å². The first kappa shape index (κ1) is 22.0. The van der Waals surface area contributed by atoms with Crippen molar-refractivity contribution in [3.8, 4) is 0 Å². The average Bonchev–Trinajstić information content (AvgIpc) is 2.99.